The first-order valence-corrected chi connectivity index (χ1v) is 14.0. The van der Waals surface area contributed by atoms with Gasteiger partial charge in [-0.3, -0.25) is 4.98 Å². The van der Waals surface area contributed by atoms with Gasteiger partial charge >= 0.3 is 0 Å². The molecule has 0 unspecified atom stereocenters. The number of nitrogens with zero attached hydrogens (tertiary/aromatic N) is 2. The molecule has 0 aliphatic carbocycles. The molecule has 5 aromatic carbocycles. The van der Waals surface area contributed by atoms with Gasteiger partial charge in [0.2, 0.25) is 0 Å². The van der Waals surface area contributed by atoms with E-state index in [-0.39, 0.29) is 0 Å². The molecular formula is C33H23N2OP. The van der Waals surface area contributed by atoms with Gasteiger partial charge in [0.1, 0.15) is 0 Å². The largest absolute Gasteiger partial charge is 0.309 e. The van der Waals surface area contributed by atoms with E-state index < -0.39 is 7.14 Å². The summed E-state index contributed by atoms with van der Waals surface area (Å²) in [6, 6.07) is 44.6. The first-order valence-electron chi connectivity index (χ1n) is 12.3. The van der Waals surface area contributed by atoms with Crippen LogP contribution in [0, 0.1) is 0 Å². The molecule has 7 rings (SSSR count). The second-order valence-electron chi connectivity index (χ2n) is 9.19. The summed E-state index contributed by atoms with van der Waals surface area (Å²) in [5.41, 5.74) is 6.46. The zero-order valence-electron chi connectivity index (χ0n) is 20.0. The van der Waals surface area contributed by atoms with E-state index >= 15 is 0 Å². The minimum absolute atomic E-state index is 0.824. The van der Waals surface area contributed by atoms with Crippen LogP contribution in [0.4, 0.5) is 0 Å². The highest BCUT2D eigenvalue weighted by molar-refractivity contribution is 7.85. The highest BCUT2D eigenvalue weighted by Gasteiger charge is 2.29. The molecule has 37 heavy (non-hydrogen) atoms. The lowest BCUT2D eigenvalue weighted by Crippen LogP contribution is -2.24. The molecule has 0 amide bonds. The normalized spacial score (nSPS) is 11.9. The van der Waals surface area contributed by atoms with Crippen molar-refractivity contribution in [2.45, 2.75) is 0 Å². The SMILES string of the molecule is O=P(c1ccccc1)(c1ccccc1)c1ccc(-c2c3ccccc3n3c2cnc2ccccc23)cc1. The van der Waals surface area contributed by atoms with E-state index in [1.54, 1.807) is 0 Å². The number of fused-ring (bicyclic) bond motifs is 5. The molecule has 7 aromatic rings. The van der Waals surface area contributed by atoms with Crippen molar-refractivity contribution < 1.29 is 4.57 Å². The van der Waals surface area contributed by atoms with Crippen molar-refractivity contribution in [3.05, 3.63) is 140 Å². The van der Waals surface area contributed by atoms with Crippen LogP contribution in [0.25, 0.3) is 38.6 Å². The molecule has 4 heteroatoms. The number of hydrogen-bond donors (Lipinski definition) is 0. The van der Waals surface area contributed by atoms with Gasteiger partial charge in [-0.05, 0) is 23.8 Å². The fourth-order valence-corrected chi connectivity index (χ4v) is 8.05. The molecule has 2 heterocycles. The lowest BCUT2D eigenvalue weighted by Gasteiger charge is -2.20. The fourth-order valence-electron chi connectivity index (χ4n) is 5.40. The summed E-state index contributed by atoms with van der Waals surface area (Å²) in [7, 11) is -3.02. The molecule has 0 N–H and O–H groups in total. The van der Waals surface area contributed by atoms with Gasteiger partial charge < -0.3 is 8.97 Å². The summed E-state index contributed by atoms with van der Waals surface area (Å²) >= 11 is 0. The second-order valence-corrected chi connectivity index (χ2v) is 12.0. The van der Waals surface area contributed by atoms with E-state index in [1.807, 2.05) is 91.1 Å². The van der Waals surface area contributed by atoms with Crippen LogP contribution < -0.4 is 15.9 Å². The summed E-state index contributed by atoms with van der Waals surface area (Å²) in [6.07, 6.45) is 1.96. The van der Waals surface area contributed by atoms with Crippen molar-refractivity contribution in [3.8, 4) is 11.1 Å². The van der Waals surface area contributed by atoms with Gasteiger partial charge in [0.25, 0.3) is 0 Å². The van der Waals surface area contributed by atoms with Crippen LogP contribution in [0.1, 0.15) is 0 Å². The molecule has 0 fully saturated rings. The highest BCUT2D eigenvalue weighted by atomic mass is 31.2. The minimum Gasteiger partial charge on any atom is -0.309 e. The van der Waals surface area contributed by atoms with Crippen LogP contribution in [0.3, 0.4) is 0 Å². The number of aromatic nitrogens is 2. The quantitative estimate of drug-likeness (QED) is 0.248. The number of para-hydroxylation sites is 3. The summed E-state index contributed by atoms with van der Waals surface area (Å²) < 4.78 is 17.1. The van der Waals surface area contributed by atoms with E-state index in [4.69, 9.17) is 4.98 Å². The summed E-state index contributed by atoms with van der Waals surface area (Å²) in [6.45, 7) is 0. The van der Waals surface area contributed by atoms with Crippen LogP contribution >= 0.6 is 7.14 Å². The first-order chi connectivity index (χ1) is 18.2. The van der Waals surface area contributed by atoms with Crippen molar-refractivity contribution in [1.29, 1.82) is 0 Å². The summed E-state index contributed by atoms with van der Waals surface area (Å²) in [5.74, 6) is 0. The minimum atomic E-state index is -3.02. The maximum atomic E-state index is 14.8. The standard InChI is InChI=1S/C33H23N2OP/c36-37(25-11-3-1-4-12-25,26-13-5-2-6-14-26)27-21-19-24(20-22-27)33-28-15-7-9-17-30(28)35-31-18-10-8-16-29(31)34-23-32(33)35/h1-23H. The van der Waals surface area contributed by atoms with Crippen molar-refractivity contribution in [3.63, 3.8) is 0 Å². The van der Waals surface area contributed by atoms with Crippen molar-refractivity contribution in [1.82, 2.24) is 9.38 Å². The maximum Gasteiger partial charge on any atom is 0.171 e. The molecule has 0 spiro atoms. The Bertz CT molecular complexity index is 1900. The number of benzene rings is 5. The molecule has 0 saturated heterocycles. The average Bonchev–Trinajstić information content (AvgIpc) is 3.32. The Morgan fingerprint density at radius 1 is 0.514 bits per heavy atom. The molecule has 0 atom stereocenters. The molecule has 2 aromatic heterocycles. The van der Waals surface area contributed by atoms with Crippen LogP contribution in [0.15, 0.2) is 140 Å². The lowest BCUT2D eigenvalue weighted by molar-refractivity contribution is 0.592. The Hall–Kier alpha value is -4.46. The third-order valence-corrected chi connectivity index (χ3v) is 10.2. The molecule has 3 nitrogen and oxygen atoms in total. The van der Waals surface area contributed by atoms with Gasteiger partial charge in [0, 0.05) is 26.9 Å². The maximum absolute atomic E-state index is 14.8. The van der Waals surface area contributed by atoms with E-state index in [1.165, 1.54) is 5.39 Å². The Labute approximate surface area is 215 Å². The Morgan fingerprint density at radius 2 is 1.05 bits per heavy atom. The number of hydrogen-bond acceptors (Lipinski definition) is 2. The van der Waals surface area contributed by atoms with Gasteiger partial charge in [-0.2, -0.15) is 0 Å². The molecule has 0 radical (unpaired) electrons. The molecule has 176 valence electrons. The van der Waals surface area contributed by atoms with Crippen LogP contribution in [-0.2, 0) is 4.57 Å². The summed E-state index contributed by atoms with van der Waals surface area (Å²) in [4.78, 5) is 4.76. The van der Waals surface area contributed by atoms with Gasteiger partial charge in [0.05, 0.1) is 28.3 Å². The Balaban J connectivity index is 1.45. The van der Waals surface area contributed by atoms with Crippen molar-refractivity contribution >= 4 is 50.5 Å². The Morgan fingerprint density at radius 3 is 1.73 bits per heavy atom. The zero-order valence-corrected chi connectivity index (χ0v) is 20.9. The molecule has 0 aliphatic rings. The topological polar surface area (TPSA) is 34.4 Å². The van der Waals surface area contributed by atoms with Gasteiger partial charge in [-0.15, -0.1) is 0 Å². The van der Waals surface area contributed by atoms with Crippen LogP contribution in [-0.4, -0.2) is 9.38 Å². The monoisotopic (exact) mass is 494 g/mol. The van der Waals surface area contributed by atoms with E-state index in [9.17, 15) is 4.57 Å². The molecule has 0 aliphatic heterocycles. The smallest absolute Gasteiger partial charge is 0.171 e. The van der Waals surface area contributed by atoms with Gasteiger partial charge in [-0.1, -0.05) is 115 Å². The lowest BCUT2D eigenvalue weighted by atomic mass is 10.0. The molecule has 0 saturated carbocycles. The average molecular weight is 495 g/mol. The Kier molecular flexibility index (Phi) is 5.06. The highest BCUT2D eigenvalue weighted by Crippen LogP contribution is 2.43. The van der Waals surface area contributed by atoms with Gasteiger partial charge in [0.15, 0.2) is 7.14 Å². The van der Waals surface area contributed by atoms with Crippen LogP contribution in [0.5, 0.6) is 0 Å². The van der Waals surface area contributed by atoms with E-state index in [0.29, 0.717) is 0 Å². The predicted octanol–water partition coefficient (Wildman–Crippen LogP) is 6.95. The summed E-state index contributed by atoms with van der Waals surface area (Å²) in [5, 5.41) is 3.67. The number of rotatable bonds is 4. The third kappa shape index (κ3) is 3.36. The van der Waals surface area contributed by atoms with Crippen molar-refractivity contribution in [2.75, 3.05) is 0 Å². The van der Waals surface area contributed by atoms with Crippen molar-refractivity contribution in [2.24, 2.45) is 0 Å². The zero-order chi connectivity index (χ0) is 24.8. The second kappa shape index (κ2) is 8.58. The van der Waals surface area contributed by atoms with E-state index in [0.717, 1.165) is 49.1 Å². The first kappa shape index (κ1) is 21.8. The van der Waals surface area contributed by atoms with Crippen LogP contribution in [0.2, 0.25) is 0 Å². The predicted molar refractivity (Wildman–Crippen MR) is 155 cm³/mol. The third-order valence-electron chi connectivity index (χ3n) is 7.12. The fraction of sp³-hybridized carbons (Fsp3) is 0. The van der Waals surface area contributed by atoms with E-state index in [2.05, 4.69) is 52.9 Å². The molecular weight excluding hydrogens is 471 g/mol. The van der Waals surface area contributed by atoms with Gasteiger partial charge in [-0.25, -0.2) is 0 Å². The molecule has 0 bridgehead atoms.